The van der Waals surface area contributed by atoms with Crippen LogP contribution in [0.1, 0.15) is 42.7 Å². The fourth-order valence-corrected chi connectivity index (χ4v) is 6.08. The maximum absolute atomic E-state index is 4.87. The summed E-state index contributed by atoms with van der Waals surface area (Å²) in [6, 6.07) is 30.7. The number of para-hydroxylation sites is 2. The van der Waals surface area contributed by atoms with Crippen LogP contribution >= 0.6 is 0 Å². The SMILES string of the molecule is CC1(C)c2ccccc2-n2c3c(c4cccc1c42)CC(=NNc1ccc2ccccc2c1)CC3. The Bertz CT molecular complexity index is 1630. The van der Waals surface area contributed by atoms with Crippen molar-refractivity contribution in [3.8, 4) is 5.69 Å². The number of rotatable bonds is 2. The smallest absolute Gasteiger partial charge is 0.0575 e. The zero-order chi connectivity index (χ0) is 22.9. The van der Waals surface area contributed by atoms with Crippen LogP contribution in [0, 0.1) is 0 Å². The van der Waals surface area contributed by atoms with Crippen molar-refractivity contribution in [1.29, 1.82) is 0 Å². The normalized spacial score (nSPS) is 17.1. The number of hydrogen-bond acceptors (Lipinski definition) is 2. The summed E-state index contributed by atoms with van der Waals surface area (Å²) in [5, 5.41) is 8.73. The molecular weight excluding hydrogens is 414 g/mol. The number of hydrazone groups is 1. The summed E-state index contributed by atoms with van der Waals surface area (Å²) >= 11 is 0. The van der Waals surface area contributed by atoms with Crippen molar-refractivity contribution in [3.05, 3.63) is 107 Å². The molecule has 166 valence electrons. The number of benzene rings is 4. The minimum atomic E-state index is -0.0123. The summed E-state index contributed by atoms with van der Waals surface area (Å²) in [5.74, 6) is 0. The van der Waals surface area contributed by atoms with Crippen LogP contribution in [0.5, 0.6) is 0 Å². The van der Waals surface area contributed by atoms with Gasteiger partial charge in [-0.15, -0.1) is 0 Å². The van der Waals surface area contributed by atoms with Crippen LogP contribution in [0.3, 0.4) is 0 Å². The zero-order valence-corrected chi connectivity index (χ0v) is 19.6. The lowest BCUT2D eigenvalue weighted by molar-refractivity contribution is 0.625. The van der Waals surface area contributed by atoms with Gasteiger partial charge >= 0.3 is 0 Å². The van der Waals surface area contributed by atoms with Gasteiger partial charge in [-0.1, -0.05) is 80.6 Å². The topological polar surface area (TPSA) is 29.3 Å². The Kier molecular flexibility index (Phi) is 4.08. The lowest BCUT2D eigenvalue weighted by Gasteiger charge is -2.35. The third kappa shape index (κ3) is 2.73. The Hall–Kier alpha value is -3.85. The van der Waals surface area contributed by atoms with Crippen LogP contribution in [0.2, 0.25) is 0 Å². The molecule has 0 amide bonds. The maximum atomic E-state index is 4.87. The second-order valence-electron chi connectivity index (χ2n) is 10.1. The van der Waals surface area contributed by atoms with Crippen molar-refractivity contribution in [2.75, 3.05) is 5.43 Å². The highest BCUT2D eigenvalue weighted by atomic mass is 15.3. The van der Waals surface area contributed by atoms with Crippen LogP contribution in [-0.4, -0.2) is 10.3 Å². The van der Waals surface area contributed by atoms with Crippen LogP contribution in [-0.2, 0) is 18.3 Å². The molecule has 5 aromatic rings. The Morgan fingerprint density at radius 2 is 1.59 bits per heavy atom. The molecule has 0 saturated heterocycles. The van der Waals surface area contributed by atoms with Crippen molar-refractivity contribution >= 4 is 33.1 Å². The van der Waals surface area contributed by atoms with E-state index >= 15 is 0 Å². The van der Waals surface area contributed by atoms with Gasteiger partial charge in [0.25, 0.3) is 0 Å². The van der Waals surface area contributed by atoms with Gasteiger partial charge in [-0.2, -0.15) is 5.10 Å². The molecule has 2 heterocycles. The van der Waals surface area contributed by atoms with E-state index in [1.165, 1.54) is 55.5 Å². The largest absolute Gasteiger partial charge is 0.313 e. The first kappa shape index (κ1) is 19.6. The molecule has 0 radical (unpaired) electrons. The fraction of sp³-hybridized carbons (Fsp3) is 0.194. The second kappa shape index (κ2) is 7.07. The molecule has 7 rings (SSSR count). The monoisotopic (exact) mass is 441 g/mol. The first-order valence-electron chi connectivity index (χ1n) is 12.2. The molecule has 34 heavy (non-hydrogen) atoms. The highest BCUT2D eigenvalue weighted by Crippen LogP contribution is 2.47. The van der Waals surface area contributed by atoms with E-state index in [4.69, 9.17) is 5.10 Å². The van der Waals surface area contributed by atoms with E-state index in [1.54, 1.807) is 0 Å². The molecule has 1 aliphatic carbocycles. The molecule has 2 aliphatic rings. The van der Waals surface area contributed by atoms with Crippen LogP contribution < -0.4 is 5.43 Å². The summed E-state index contributed by atoms with van der Waals surface area (Å²) in [6.07, 6.45) is 2.88. The minimum Gasteiger partial charge on any atom is -0.313 e. The lowest BCUT2D eigenvalue weighted by atomic mass is 9.75. The Balaban J connectivity index is 1.31. The molecule has 4 aromatic carbocycles. The molecular formula is C31H27N3. The molecule has 1 N–H and O–H groups in total. The molecule has 0 fully saturated rings. The van der Waals surface area contributed by atoms with Gasteiger partial charge in [0.2, 0.25) is 0 Å². The van der Waals surface area contributed by atoms with Crippen LogP contribution in [0.4, 0.5) is 5.69 Å². The number of aromatic nitrogens is 1. The average molecular weight is 442 g/mol. The van der Waals surface area contributed by atoms with Gasteiger partial charge in [0, 0.05) is 34.3 Å². The minimum absolute atomic E-state index is 0.0123. The summed E-state index contributed by atoms with van der Waals surface area (Å²) in [5.41, 5.74) is 14.0. The molecule has 0 saturated carbocycles. The van der Waals surface area contributed by atoms with Gasteiger partial charge in [0.05, 0.1) is 11.2 Å². The Labute approximate surface area is 199 Å². The molecule has 0 spiro atoms. The number of fused-ring (bicyclic) bond motifs is 6. The zero-order valence-electron chi connectivity index (χ0n) is 19.6. The van der Waals surface area contributed by atoms with Crippen molar-refractivity contribution < 1.29 is 0 Å². The maximum Gasteiger partial charge on any atom is 0.0575 e. The number of nitrogens with one attached hydrogen (secondary N) is 1. The van der Waals surface area contributed by atoms with E-state index in [-0.39, 0.29) is 5.41 Å². The van der Waals surface area contributed by atoms with Gasteiger partial charge in [0.1, 0.15) is 0 Å². The third-order valence-corrected chi connectivity index (χ3v) is 7.82. The first-order valence-corrected chi connectivity index (χ1v) is 12.2. The first-order chi connectivity index (χ1) is 16.6. The molecule has 1 aromatic heterocycles. The van der Waals surface area contributed by atoms with Crippen molar-refractivity contribution in [2.24, 2.45) is 5.10 Å². The molecule has 0 unspecified atom stereocenters. The second-order valence-corrected chi connectivity index (χ2v) is 10.1. The van der Waals surface area contributed by atoms with Gasteiger partial charge in [-0.25, -0.2) is 0 Å². The summed E-state index contributed by atoms with van der Waals surface area (Å²) in [7, 11) is 0. The number of nitrogens with zero attached hydrogens (tertiary/aromatic N) is 2. The fourth-order valence-electron chi connectivity index (χ4n) is 6.08. The molecule has 3 nitrogen and oxygen atoms in total. The van der Waals surface area contributed by atoms with Crippen LogP contribution in [0.15, 0.2) is 90.0 Å². The van der Waals surface area contributed by atoms with E-state index in [9.17, 15) is 0 Å². The van der Waals surface area contributed by atoms with Gasteiger partial charge in [-0.3, -0.25) is 5.43 Å². The summed E-state index contributed by atoms with van der Waals surface area (Å²) in [4.78, 5) is 0. The Morgan fingerprint density at radius 1 is 0.794 bits per heavy atom. The highest BCUT2D eigenvalue weighted by molar-refractivity contribution is 5.99. The van der Waals surface area contributed by atoms with E-state index in [0.717, 1.165) is 24.9 Å². The summed E-state index contributed by atoms with van der Waals surface area (Å²) in [6.45, 7) is 4.72. The van der Waals surface area contributed by atoms with Gasteiger partial charge < -0.3 is 4.57 Å². The number of hydrogen-bond donors (Lipinski definition) is 1. The van der Waals surface area contributed by atoms with E-state index < -0.39 is 0 Å². The molecule has 0 atom stereocenters. The van der Waals surface area contributed by atoms with Gasteiger partial charge in [-0.05, 0) is 58.5 Å². The van der Waals surface area contributed by atoms with Crippen molar-refractivity contribution in [3.63, 3.8) is 0 Å². The lowest BCUT2D eigenvalue weighted by Crippen LogP contribution is -2.27. The van der Waals surface area contributed by atoms with Crippen molar-refractivity contribution in [2.45, 2.75) is 38.5 Å². The van der Waals surface area contributed by atoms with E-state index in [1.807, 2.05) is 0 Å². The van der Waals surface area contributed by atoms with E-state index in [0.29, 0.717) is 0 Å². The molecule has 1 aliphatic heterocycles. The highest BCUT2D eigenvalue weighted by Gasteiger charge is 2.36. The van der Waals surface area contributed by atoms with Crippen LogP contribution in [0.25, 0.3) is 27.4 Å². The average Bonchev–Trinajstić information content (AvgIpc) is 3.20. The standard InChI is InChI=1S/C31H27N3/c1-31(2)26-11-5-6-13-29(26)34-28-17-16-23(19-25(28)24-10-7-12-27(31)30(24)34)33-32-22-15-14-20-8-3-4-9-21(20)18-22/h3-15,18,32H,16-17,19H2,1-2H3. The van der Waals surface area contributed by atoms with Gasteiger partial charge in [0.15, 0.2) is 0 Å². The van der Waals surface area contributed by atoms with E-state index in [2.05, 4.69) is 109 Å². The molecule has 0 bridgehead atoms. The Morgan fingerprint density at radius 3 is 2.50 bits per heavy atom. The number of anilines is 1. The summed E-state index contributed by atoms with van der Waals surface area (Å²) < 4.78 is 2.55. The quantitative estimate of drug-likeness (QED) is 0.285. The van der Waals surface area contributed by atoms with Crippen molar-refractivity contribution in [1.82, 2.24) is 4.57 Å². The molecule has 3 heteroatoms. The predicted octanol–water partition coefficient (Wildman–Crippen LogP) is 7.38. The predicted molar refractivity (Wildman–Crippen MR) is 142 cm³/mol. The third-order valence-electron chi connectivity index (χ3n) is 7.82.